The monoisotopic (exact) mass is 258 g/mol. The maximum Gasteiger partial charge on any atom is 0.326 e. The van der Waals surface area contributed by atoms with Gasteiger partial charge in [0.15, 0.2) is 0 Å². The lowest BCUT2D eigenvalue weighted by molar-refractivity contribution is -0.143. The molecular weight excluding hydrogens is 232 g/mol. The zero-order valence-electron chi connectivity index (χ0n) is 11.8. The van der Waals surface area contributed by atoms with Gasteiger partial charge in [-0.3, -0.25) is 4.79 Å². The number of carboxylic acids is 1. The maximum absolute atomic E-state index is 11.8. The Kier molecular flexibility index (Phi) is 7.59. The summed E-state index contributed by atoms with van der Waals surface area (Å²) >= 11 is 0. The van der Waals surface area contributed by atoms with Gasteiger partial charge in [-0.15, -0.1) is 0 Å². The molecule has 0 aromatic heterocycles. The Balaban J connectivity index is 4.34. The van der Waals surface area contributed by atoms with Crippen molar-refractivity contribution in [1.82, 2.24) is 5.32 Å². The molecule has 0 saturated carbocycles. The topological polar surface area (TPSA) is 92.4 Å². The highest BCUT2D eigenvalue weighted by Gasteiger charge is 2.24. The molecule has 18 heavy (non-hydrogen) atoms. The van der Waals surface area contributed by atoms with E-state index in [1.807, 2.05) is 0 Å². The summed E-state index contributed by atoms with van der Waals surface area (Å²) in [5, 5.41) is 11.5. The molecule has 0 fully saturated rings. The molecule has 2 unspecified atom stereocenters. The molecule has 0 aliphatic carbocycles. The van der Waals surface area contributed by atoms with Crippen LogP contribution < -0.4 is 11.1 Å². The first-order valence-corrected chi connectivity index (χ1v) is 6.50. The van der Waals surface area contributed by atoms with Crippen molar-refractivity contribution >= 4 is 11.9 Å². The van der Waals surface area contributed by atoms with Gasteiger partial charge in [0.05, 0.1) is 0 Å². The smallest absolute Gasteiger partial charge is 0.326 e. The second-order valence-electron chi connectivity index (χ2n) is 5.56. The van der Waals surface area contributed by atoms with Crippen LogP contribution in [0.25, 0.3) is 0 Å². The molecule has 0 radical (unpaired) electrons. The molecule has 0 heterocycles. The molecule has 0 aromatic rings. The van der Waals surface area contributed by atoms with Gasteiger partial charge in [-0.25, -0.2) is 4.79 Å². The van der Waals surface area contributed by atoms with Gasteiger partial charge < -0.3 is 16.2 Å². The molecule has 0 saturated heterocycles. The number of hydrogen-bond donors (Lipinski definition) is 3. The van der Waals surface area contributed by atoms with E-state index in [-0.39, 0.29) is 17.7 Å². The van der Waals surface area contributed by atoms with E-state index >= 15 is 0 Å². The Morgan fingerprint density at radius 1 is 1.22 bits per heavy atom. The lowest BCUT2D eigenvalue weighted by atomic mass is 9.93. The van der Waals surface area contributed by atoms with Crippen molar-refractivity contribution < 1.29 is 14.7 Å². The Morgan fingerprint density at radius 3 is 2.11 bits per heavy atom. The Morgan fingerprint density at radius 2 is 1.78 bits per heavy atom. The van der Waals surface area contributed by atoms with Crippen molar-refractivity contribution in [2.75, 3.05) is 6.54 Å². The quantitative estimate of drug-likeness (QED) is 0.610. The maximum atomic E-state index is 11.8. The highest BCUT2D eigenvalue weighted by Crippen LogP contribution is 2.14. The van der Waals surface area contributed by atoms with E-state index in [0.29, 0.717) is 18.9 Å². The zero-order valence-corrected chi connectivity index (χ0v) is 11.8. The standard InChI is InChI=1S/C13H26N2O3/c1-8(2)5-10(7-14)6-11(16)15-12(9(3)4)13(17)18/h8-10,12H,5-7,14H2,1-4H3,(H,15,16)(H,17,18). The number of amides is 1. The zero-order chi connectivity index (χ0) is 14.3. The van der Waals surface area contributed by atoms with E-state index in [4.69, 9.17) is 10.8 Å². The van der Waals surface area contributed by atoms with Crippen LogP contribution in [0.3, 0.4) is 0 Å². The molecule has 0 aromatic carbocycles. The molecule has 106 valence electrons. The van der Waals surface area contributed by atoms with E-state index in [0.717, 1.165) is 6.42 Å². The molecule has 1 amide bonds. The number of carbonyl (C=O) groups is 2. The summed E-state index contributed by atoms with van der Waals surface area (Å²) in [6, 6.07) is -0.824. The second kappa shape index (κ2) is 8.08. The molecule has 0 spiro atoms. The predicted molar refractivity (Wildman–Crippen MR) is 71.0 cm³/mol. The first-order valence-electron chi connectivity index (χ1n) is 6.50. The summed E-state index contributed by atoms with van der Waals surface area (Å²) in [6.45, 7) is 8.15. The number of nitrogens with two attached hydrogens (primary N) is 1. The lowest BCUT2D eigenvalue weighted by Crippen LogP contribution is -2.45. The SMILES string of the molecule is CC(C)CC(CN)CC(=O)NC(C(=O)O)C(C)C. The normalized spacial score (nSPS) is 14.6. The third-order valence-corrected chi connectivity index (χ3v) is 2.86. The van der Waals surface area contributed by atoms with Gasteiger partial charge in [-0.05, 0) is 30.7 Å². The van der Waals surface area contributed by atoms with Gasteiger partial charge in [0.25, 0.3) is 0 Å². The highest BCUT2D eigenvalue weighted by atomic mass is 16.4. The van der Waals surface area contributed by atoms with Crippen LogP contribution >= 0.6 is 0 Å². The Hall–Kier alpha value is -1.10. The van der Waals surface area contributed by atoms with Crippen LogP contribution in [0.4, 0.5) is 0 Å². The van der Waals surface area contributed by atoms with E-state index in [9.17, 15) is 9.59 Å². The van der Waals surface area contributed by atoms with Gasteiger partial charge in [0.2, 0.25) is 5.91 Å². The molecule has 5 heteroatoms. The number of rotatable bonds is 8. The first-order chi connectivity index (χ1) is 8.27. The molecule has 4 N–H and O–H groups in total. The lowest BCUT2D eigenvalue weighted by Gasteiger charge is -2.21. The Bertz CT molecular complexity index is 277. The molecule has 0 aliphatic rings. The summed E-state index contributed by atoms with van der Waals surface area (Å²) in [4.78, 5) is 22.8. The second-order valence-corrected chi connectivity index (χ2v) is 5.56. The molecule has 0 bridgehead atoms. The van der Waals surface area contributed by atoms with Crippen LogP contribution in [0.5, 0.6) is 0 Å². The minimum Gasteiger partial charge on any atom is -0.480 e. The van der Waals surface area contributed by atoms with Crippen molar-refractivity contribution in [2.24, 2.45) is 23.5 Å². The van der Waals surface area contributed by atoms with Crippen molar-refractivity contribution in [3.05, 3.63) is 0 Å². The van der Waals surface area contributed by atoms with Crippen LogP contribution in [0.15, 0.2) is 0 Å². The minimum atomic E-state index is -0.994. The summed E-state index contributed by atoms with van der Waals surface area (Å²) in [7, 11) is 0. The van der Waals surface area contributed by atoms with Crippen molar-refractivity contribution in [3.8, 4) is 0 Å². The van der Waals surface area contributed by atoms with Gasteiger partial charge in [0.1, 0.15) is 6.04 Å². The molecular formula is C13H26N2O3. The Labute approximate surface area is 109 Å². The molecule has 5 nitrogen and oxygen atoms in total. The van der Waals surface area contributed by atoms with Crippen LogP contribution in [0.1, 0.15) is 40.5 Å². The molecule has 0 rings (SSSR count). The van der Waals surface area contributed by atoms with Crippen LogP contribution in [-0.2, 0) is 9.59 Å². The van der Waals surface area contributed by atoms with E-state index in [1.54, 1.807) is 13.8 Å². The summed E-state index contributed by atoms with van der Waals surface area (Å²) < 4.78 is 0. The fourth-order valence-electron chi connectivity index (χ4n) is 1.94. The average molecular weight is 258 g/mol. The minimum absolute atomic E-state index is 0.117. The van der Waals surface area contributed by atoms with E-state index < -0.39 is 12.0 Å². The summed E-state index contributed by atoms with van der Waals surface area (Å²) in [5.74, 6) is -0.759. The molecule has 2 atom stereocenters. The molecule has 0 aliphatic heterocycles. The third kappa shape index (κ3) is 6.59. The average Bonchev–Trinajstić information content (AvgIpc) is 2.23. The van der Waals surface area contributed by atoms with E-state index in [1.165, 1.54) is 0 Å². The fraction of sp³-hybridized carbons (Fsp3) is 0.846. The highest BCUT2D eigenvalue weighted by molar-refractivity contribution is 5.83. The van der Waals surface area contributed by atoms with Crippen molar-refractivity contribution in [2.45, 2.75) is 46.6 Å². The number of aliphatic carboxylic acids is 1. The number of nitrogens with one attached hydrogen (secondary N) is 1. The number of carboxylic acid groups (broad SMARTS) is 1. The fourth-order valence-corrected chi connectivity index (χ4v) is 1.94. The van der Waals surface area contributed by atoms with Crippen molar-refractivity contribution in [3.63, 3.8) is 0 Å². The summed E-state index contributed by atoms with van der Waals surface area (Å²) in [6.07, 6.45) is 1.18. The third-order valence-electron chi connectivity index (χ3n) is 2.86. The van der Waals surface area contributed by atoms with Crippen LogP contribution in [0.2, 0.25) is 0 Å². The van der Waals surface area contributed by atoms with Gasteiger partial charge in [0, 0.05) is 6.42 Å². The van der Waals surface area contributed by atoms with Gasteiger partial charge >= 0.3 is 5.97 Å². The van der Waals surface area contributed by atoms with Gasteiger partial charge in [-0.2, -0.15) is 0 Å². The predicted octanol–water partition coefficient (Wildman–Crippen LogP) is 1.22. The summed E-state index contributed by atoms with van der Waals surface area (Å²) in [5.41, 5.74) is 5.62. The van der Waals surface area contributed by atoms with Crippen molar-refractivity contribution in [1.29, 1.82) is 0 Å². The first kappa shape index (κ1) is 16.9. The number of hydrogen-bond acceptors (Lipinski definition) is 3. The van der Waals surface area contributed by atoms with Crippen LogP contribution in [0, 0.1) is 17.8 Å². The van der Waals surface area contributed by atoms with Crippen LogP contribution in [-0.4, -0.2) is 29.6 Å². The largest absolute Gasteiger partial charge is 0.480 e. The number of carbonyl (C=O) groups excluding carboxylic acids is 1. The van der Waals surface area contributed by atoms with E-state index in [2.05, 4.69) is 19.2 Å². The van der Waals surface area contributed by atoms with Gasteiger partial charge in [-0.1, -0.05) is 27.7 Å².